The lowest BCUT2D eigenvalue weighted by atomic mass is 10.0. The fraction of sp³-hybridized carbons (Fsp3) is 0.417. The minimum atomic E-state index is -3.36. The first-order valence-electron chi connectivity index (χ1n) is 5.79. The monoisotopic (exact) mass is 357 g/mol. The molecule has 9 heteroatoms. The molecule has 0 aliphatic rings. The number of carbonyl (C=O) groups is 1. The number of amides is 1. The Morgan fingerprint density at radius 3 is 2.24 bits per heavy atom. The highest BCUT2D eigenvalue weighted by Crippen LogP contribution is 2.20. The number of hydrogen-bond acceptors (Lipinski definition) is 4. The summed E-state index contributed by atoms with van der Waals surface area (Å²) in [6.07, 6.45) is -0.316. The van der Waals surface area contributed by atoms with E-state index in [1.165, 1.54) is 24.3 Å². The smallest absolute Gasteiger partial charge is 0.253 e. The Labute approximate surface area is 132 Å². The predicted molar refractivity (Wildman–Crippen MR) is 77.9 cm³/mol. The van der Waals surface area contributed by atoms with Crippen molar-refractivity contribution < 1.29 is 22.7 Å². The van der Waals surface area contributed by atoms with Gasteiger partial charge in [-0.15, -0.1) is 0 Å². The van der Waals surface area contributed by atoms with Gasteiger partial charge in [-0.2, -0.15) is 0 Å². The van der Waals surface area contributed by atoms with E-state index in [2.05, 4.69) is 5.32 Å². The molecule has 1 amide bonds. The highest BCUT2D eigenvalue weighted by Gasteiger charge is 2.25. The zero-order valence-electron chi connectivity index (χ0n) is 11.0. The van der Waals surface area contributed by atoms with Crippen molar-refractivity contribution in [2.24, 2.45) is 0 Å². The molecule has 2 N–H and O–H groups in total. The van der Waals surface area contributed by atoms with E-state index in [9.17, 15) is 22.7 Å². The van der Waals surface area contributed by atoms with Gasteiger partial charge in [0, 0.05) is 6.26 Å². The maximum Gasteiger partial charge on any atom is 0.253 e. The van der Waals surface area contributed by atoms with Crippen LogP contribution < -0.4 is 5.32 Å². The van der Waals surface area contributed by atoms with E-state index in [1.54, 1.807) is 0 Å². The van der Waals surface area contributed by atoms with Gasteiger partial charge in [-0.3, -0.25) is 4.79 Å². The highest BCUT2D eigenvalue weighted by molar-refractivity contribution is 7.90. The third-order valence-electron chi connectivity index (χ3n) is 2.72. The second-order valence-corrected chi connectivity index (χ2v) is 7.47. The van der Waals surface area contributed by atoms with E-state index in [1.807, 2.05) is 0 Å². The van der Waals surface area contributed by atoms with Crippen LogP contribution >= 0.6 is 23.2 Å². The summed E-state index contributed by atoms with van der Waals surface area (Å²) < 4.78 is 35.6. The molecule has 1 aromatic carbocycles. The van der Waals surface area contributed by atoms with Crippen LogP contribution in [0, 0.1) is 0 Å². The molecular weight excluding hydrogens is 344 g/mol. The van der Waals surface area contributed by atoms with Crippen molar-refractivity contribution in [2.45, 2.75) is 21.9 Å². The molecule has 0 fully saturated rings. The summed E-state index contributed by atoms with van der Waals surface area (Å²) in [5, 5.41) is 12.2. The van der Waals surface area contributed by atoms with Crippen LogP contribution in [0.3, 0.4) is 0 Å². The number of hydrogen-bond donors (Lipinski definition) is 2. The van der Waals surface area contributed by atoms with Crippen molar-refractivity contribution in [2.75, 3.05) is 12.9 Å². The summed E-state index contributed by atoms with van der Waals surface area (Å²) in [5.41, 5.74) is 0.256. The molecule has 0 radical (unpaired) electrons. The average molecular weight is 358 g/mol. The number of halogens is 3. The van der Waals surface area contributed by atoms with Gasteiger partial charge in [0.2, 0.25) is 0 Å². The fourth-order valence-electron chi connectivity index (χ4n) is 1.59. The summed E-state index contributed by atoms with van der Waals surface area (Å²) in [6, 6.07) is 4.03. The van der Waals surface area contributed by atoms with Crippen LogP contribution in [-0.4, -0.2) is 43.2 Å². The van der Waals surface area contributed by atoms with E-state index >= 15 is 0 Å². The van der Waals surface area contributed by atoms with Crippen LogP contribution in [0.4, 0.5) is 4.39 Å². The van der Waals surface area contributed by atoms with Gasteiger partial charge in [0.15, 0.2) is 14.7 Å². The van der Waals surface area contributed by atoms with Gasteiger partial charge in [-0.05, 0) is 17.7 Å². The largest absolute Gasteiger partial charge is 0.386 e. The number of nitrogens with one attached hydrogen (secondary N) is 1. The minimum absolute atomic E-state index is 0.0702. The molecule has 5 nitrogen and oxygen atoms in total. The Bertz CT molecular complexity index is 592. The van der Waals surface area contributed by atoms with Gasteiger partial charge >= 0.3 is 0 Å². The predicted octanol–water partition coefficient (Wildman–Crippen LogP) is 1.38. The number of benzene rings is 1. The quantitative estimate of drug-likeness (QED) is 0.753. The number of rotatable bonds is 6. The van der Waals surface area contributed by atoms with Crippen molar-refractivity contribution in [1.29, 1.82) is 0 Å². The van der Waals surface area contributed by atoms with Crippen LogP contribution in [0.5, 0.6) is 0 Å². The molecule has 0 bridgehead atoms. The number of aliphatic hydroxyl groups excluding tert-OH is 1. The van der Waals surface area contributed by atoms with Crippen LogP contribution in [0.15, 0.2) is 29.2 Å². The van der Waals surface area contributed by atoms with Gasteiger partial charge in [0.05, 0.1) is 10.9 Å². The molecule has 0 aromatic heterocycles. The van der Waals surface area contributed by atoms with Gasteiger partial charge in [0.1, 0.15) is 12.8 Å². The Hall–Kier alpha value is -0.890. The fourth-order valence-corrected chi connectivity index (χ4v) is 2.35. The summed E-state index contributed by atoms with van der Waals surface area (Å²) in [4.78, 5) is 10.00. The zero-order chi connectivity index (χ0) is 16.2. The van der Waals surface area contributed by atoms with E-state index in [0.717, 1.165) is 6.26 Å². The topological polar surface area (TPSA) is 83.5 Å². The molecule has 0 heterocycles. The average Bonchev–Trinajstić information content (AvgIpc) is 2.42. The van der Waals surface area contributed by atoms with Crippen molar-refractivity contribution in [1.82, 2.24) is 5.32 Å². The van der Waals surface area contributed by atoms with Crippen LogP contribution in [0.2, 0.25) is 0 Å². The molecule has 0 saturated heterocycles. The van der Waals surface area contributed by atoms with Gasteiger partial charge < -0.3 is 10.4 Å². The third kappa shape index (κ3) is 5.10. The molecule has 1 rings (SSSR count). The first-order valence-corrected chi connectivity index (χ1v) is 8.55. The van der Waals surface area contributed by atoms with Crippen molar-refractivity contribution in [3.05, 3.63) is 29.8 Å². The Morgan fingerprint density at radius 2 is 1.86 bits per heavy atom. The normalized spacial score (nSPS) is 14.8. The van der Waals surface area contributed by atoms with Crippen LogP contribution in [0.1, 0.15) is 11.7 Å². The molecular formula is C12H14Cl2FNO4S. The van der Waals surface area contributed by atoms with E-state index in [0.29, 0.717) is 0 Å². The lowest BCUT2D eigenvalue weighted by Crippen LogP contribution is -2.43. The van der Waals surface area contributed by atoms with Crippen molar-refractivity contribution in [3.63, 3.8) is 0 Å². The molecule has 0 aliphatic carbocycles. The van der Waals surface area contributed by atoms with Crippen LogP contribution in [-0.2, 0) is 14.6 Å². The van der Waals surface area contributed by atoms with Crippen molar-refractivity contribution in [3.8, 4) is 0 Å². The summed E-state index contributed by atoms with van der Waals surface area (Å²) in [7, 11) is -3.36. The third-order valence-corrected chi connectivity index (χ3v) is 4.25. The lowest BCUT2D eigenvalue weighted by molar-refractivity contribution is -0.121. The summed E-state index contributed by atoms with van der Waals surface area (Å²) in [5.74, 6) is -0.826. The molecule has 21 heavy (non-hydrogen) atoms. The SMILES string of the molecule is CS(=O)(=O)c1ccc([C@H](O)C(CF)NC(=O)C(Cl)Cl)cc1. The first kappa shape index (κ1) is 18.2. The molecule has 0 aliphatic heterocycles. The second kappa shape index (κ2) is 7.40. The van der Waals surface area contributed by atoms with Crippen molar-refractivity contribution >= 4 is 38.9 Å². The Morgan fingerprint density at radius 1 is 1.33 bits per heavy atom. The number of sulfone groups is 1. The van der Waals surface area contributed by atoms with Gasteiger partial charge in [-0.25, -0.2) is 12.8 Å². The van der Waals surface area contributed by atoms with E-state index in [-0.39, 0.29) is 10.5 Å². The highest BCUT2D eigenvalue weighted by atomic mass is 35.5. The lowest BCUT2D eigenvalue weighted by Gasteiger charge is -2.22. The standard InChI is InChI=1S/C12H14Cl2FNO4S/c1-21(19,20)8-4-2-7(3-5-8)10(17)9(6-15)16-12(18)11(13)14/h2-5,9-11,17H,6H2,1H3,(H,16,18)/t9?,10-/m0/s1. The minimum Gasteiger partial charge on any atom is -0.386 e. The molecule has 2 atom stereocenters. The zero-order valence-corrected chi connectivity index (χ0v) is 13.3. The number of carbonyl (C=O) groups excluding carboxylic acids is 1. The van der Waals surface area contributed by atoms with Crippen LogP contribution in [0.25, 0.3) is 0 Å². The molecule has 1 unspecified atom stereocenters. The molecule has 1 aromatic rings. The maximum absolute atomic E-state index is 12.9. The summed E-state index contributed by atoms with van der Waals surface area (Å²) in [6.45, 7) is -1.04. The van der Waals surface area contributed by atoms with E-state index in [4.69, 9.17) is 23.2 Å². The molecule has 0 spiro atoms. The van der Waals surface area contributed by atoms with E-state index < -0.39 is 39.4 Å². The first-order chi connectivity index (χ1) is 9.66. The Kier molecular flexibility index (Phi) is 6.40. The summed E-state index contributed by atoms with van der Waals surface area (Å²) >= 11 is 10.7. The number of alkyl halides is 3. The molecule has 0 saturated carbocycles. The van der Waals surface area contributed by atoms with Gasteiger partial charge in [-0.1, -0.05) is 35.3 Å². The Balaban J connectivity index is 2.90. The number of aliphatic hydroxyl groups is 1. The van der Waals surface area contributed by atoms with Gasteiger partial charge in [0.25, 0.3) is 5.91 Å². The maximum atomic E-state index is 12.9. The second-order valence-electron chi connectivity index (χ2n) is 4.36. The molecule has 118 valence electrons.